The zero-order valence-corrected chi connectivity index (χ0v) is 23.5. The van der Waals surface area contributed by atoms with Gasteiger partial charge in [0.1, 0.15) is 12.8 Å². The Kier molecular flexibility index (Phi) is 8.01. The number of nitrogens with zero attached hydrogens (tertiary/aromatic N) is 2. The molecular formula is C32H32Cl2N2O2. The molecular weight excluding hydrogens is 515 g/mol. The Labute approximate surface area is 235 Å². The molecule has 0 atom stereocenters. The maximum Gasteiger partial charge on any atom is 0.161 e. The van der Waals surface area contributed by atoms with E-state index in [9.17, 15) is 0 Å². The van der Waals surface area contributed by atoms with Crippen molar-refractivity contribution in [1.82, 2.24) is 0 Å². The van der Waals surface area contributed by atoms with Crippen LogP contribution in [0.2, 0.25) is 10.0 Å². The molecule has 0 aromatic heterocycles. The summed E-state index contributed by atoms with van der Waals surface area (Å²) in [7, 11) is 0. The zero-order valence-electron chi connectivity index (χ0n) is 22.0. The van der Waals surface area contributed by atoms with Crippen LogP contribution in [-0.2, 0) is 6.61 Å². The van der Waals surface area contributed by atoms with Gasteiger partial charge in [0.15, 0.2) is 11.5 Å². The van der Waals surface area contributed by atoms with Crippen LogP contribution in [0.4, 0.5) is 11.4 Å². The molecule has 38 heavy (non-hydrogen) atoms. The summed E-state index contributed by atoms with van der Waals surface area (Å²) in [6.07, 6.45) is 0.0174. The van der Waals surface area contributed by atoms with Gasteiger partial charge in [0.2, 0.25) is 0 Å². The topological polar surface area (TPSA) is 24.9 Å². The van der Waals surface area contributed by atoms with Gasteiger partial charge in [-0.25, -0.2) is 0 Å². The zero-order chi connectivity index (χ0) is 26.6. The van der Waals surface area contributed by atoms with Crippen LogP contribution in [0.15, 0.2) is 84.9 Å². The van der Waals surface area contributed by atoms with Gasteiger partial charge in [0, 0.05) is 24.5 Å². The maximum atomic E-state index is 6.19. The molecule has 6 heteroatoms. The third-order valence-electron chi connectivity index (χ3n) is 6.85. The first kappa shape index (κ1) is 26.3. The average Bonchev–Trinajstić information content (AvgIpc) is 3.36. The van der Waals surface area contributed by atoms with Crippen LogP contribution in [0, 0.1) is 13.8 Å². The summed E-state index contributed by atoms with van der Waals surface area (Å²) in [6, 6.07) is 29.3. The number of aryl methyl sites for hydroxylation is 2. The lowest BCUT2D eigenvalue weighted by Gasteiger charge is -2.33. The highest BCUT2D eigenvalue weighted by Gasteiger charge is 2.34. The summed E-state index contributed by atoms with van der Waals surface area (Å²) >= 11 is 12.3. The molecule has 0 unspecified atom stereocenters. The lowest BCUT2D eigenvalue weighted by molar-refractivity contribution is 0.269. The first-order valence-electron chi connectivity index (χ1n) is 12.9. The molecule has 0 aliphatic carbocycles. The van der Waals surface area contributed by atoms with E-state index >= 15 is 0 Å². The Morgan fingerprint density at radius 1 is 0.684 bits per heavy atom. The number of benzene rings is 4. The molecule has 4 aromatic carbocycles. The van der Waals surface area contributed by atoms with Gasteiger partial charge in [0.25, 0.3) is 0 Å². The molecule has 5 rings (SSSR count). The summed E-state index contributed by atoms with van der Waals surface area (Å²) in [5.41, 5.74) is 7.00. The van der Waals surface area contributed by atoms with E-state index in [1.165, 1.54) is 22.5 Å². The highest BCUT2D eigenvalue weighted by Crippen LogP contribution is 2.41. The van der Waals surface area contributed by atoms with Gasteiger partial charge in [-0.05, 0) is 80.4 Å². The SMILES string of the molecule is CCOc1cc(C2N(c3ccc(C)cc3)CCN2c2ccc(C)cc2)ccc1OCc1ccc(Cl)c(Cl)c1. The average molecular weight is 548 g/mol. The quantitative estimate of drug-likeness (QED) is 0.221. The normalized spacial score (nSPS) is 13.7. The number of hydrogen-bond donors (Lipinski definition) is 0. The highest BCUT2D eigenvalue weighted by atomic mass is 35.5. The molecule has 0 N–H and O–H groups in total. The van der Waals surface area contributed by atoms with Gasteiger partial charge >= 0.3 is 0 Å². The van der Waals surface area contributed by atoms with Gasteiger partial charge < -0.3 is 19.3 Å². The molecule has 0 saturated carbocycles. The lowest BCUT2D eigenvalue weighted by Crippen LogP contribution is -2.31. The van der Waals surface area contributed by atoms with Crippen LogP contribution in [0.1, 0.15) is 35.3 Å². The van der Waals surface area contributed by atoms with Crippen molar-refractivity contribution in [1.29, 1.82) is 0 Å². The van der Waals surface area contributed by atoms with Crippen molar-refractivity contribution in [3.63, 3.8) is 0 Å². The van der Waals surface area contributed by atoms with Crippen molar-refractivity contribution in [2.45, 2.75) is 33.5 Å². The van der Waals surface area contributed by atoms with E-state index in [2.05, 4.69) is 84.3 Å². The minimum atomic E-state index is 0.0174. The standard InChI is InChI=1S/C32H32Cl2N2O2/c1-4-37-31-20-25(10-16-30(31)38-21-24-9-15-28(33)29(34)19-24)32-35(26-11-5-22(2)6-12-26)17-18-36(32)27-13-7-23(3)8-14-27/h5-16,19-20,32H,4,17-18,21H2,1-3H3. The second-order valence-electron chi connectivity index (χ2n) is 9.61. The Balaban J connectivity index is 1.48. The van der Waals surface area contributed by atoms with Crippen LogP contribution >= 0.6 is 23.2 Å². The van der Waals surface area contributed by atoms with Crippen molar-refractivity contribution in [2.75, 3.05) is 29.5 Å². The number of ether oxygens (including phenoxy) is 2. The van der Waals surface area contributed by atoms with E-state index in [1.54, 1.807) is 6.07 Å². The number of halogens is 2. The van der Waals surface area contributed by atoms with E-state index in [-0.39, 0.29) is 6.17 Å². The minimum absolute atomic E-state index is 0.0174. The second kappa shape index (κ2) is 11.6. The summed E-state index contributed by atoms with van der Waals surface area (Å²) in [4.78, 5) is 4.92. The fourth-order valence-corrected chi connectivity index (χ4v) is 5.19. The predicted molar refractivity (Wildman–Crippen MR) is 158 cm³/mol. The molecule has 1 saturated heterocycles. The first-order chi connectivity index (χ1) is 18.4. The van der Waals surface area contributed by atoms with Crippen LogP contribution < -0.4 is 19.3 Å². The van der Waals surface area contributed by atoms with Crippen molar-refractivity contribution in [3.8, 4) is 11.5 Å². The van der Waals surface area contributed by atoms with Crippen LogP contribution in [0.3, 0.4) is 0 Å². The molecule has 0 bridgehead atoms. The van der Waals surface area contributed by atoms with Crippen molar-refractivity contribution >= 4 is 34.6 Å². The number of hydrogen-bond acceptors (Lipinski definition) is 4. The van der Waals surface area contributed by atoms with Crippen LogP contribution in [0.25, 0.3) is 0 Å². The van der Waals surface area contributed by atoms with Gasteiger partial charge in [-0.3, -0.25) is 0 Å². The smallest absolute Gasteiger partial charge is 0.161 e. The summed E-state index contributed by atoms with van der Waals surface area (Å²) in [5, 5.41) is 1.05. The van der Waals surface area contributed by atoms with E-state index in [4.69, 9.17) is 32.7 Å². The molecule has 0 radical (unpaired) electrons. The van der Waals surface area contributed by atoms with Gasteiger partial charge in [-0.2, -0.15) is 0 Å². The molecule has 0 amide bonds. The highest BCUT2D eigenvalue weighted by molar-refractivity contribution is 6.42. The van der Waals surface area contributed by atoms with E-state index < -0.39 is 0 Å². The molecule has 1 heterocycles. The number of rotatable bonds is 8. The largest absolute Gasteiger partial charge is 0.490 e. The van der Waals surface area contributed by atoms with Gasteiger partial charge in [-0.1, -0.05) is 70.7 Å². The van der Waals surface area contributed by atoms with Crippen molar-refractivity contribution < 1.29 is 9.47 Å². The van der Waals surface area contributed by atoms with Gasteiger partial charge in [0.05, 0.1) is 16.7 Å². The van der Waals surface area contributed by atoms with E-state index in [1.807, 2.05) is 25.1 Å². The molecule has 0 spiro atoms. The minimum Gasteiger partial charge on any atom is -0.490 e. The van der Waals surface area contributed by atoms with E-state index in [0.717, 1.165) is 30.0 Å². The lowest BCUT2D eigenvalue weighted by atomic mass is 10.1. The Morgan fingerprint density at radius 2 is 1.29 bits per heavy atom. The fraction of sp³-hybridized carbons (Fsp3) is 0.250. The summed E-state index contributed by atoms with van der Waals surface area (Å²) in [5.74, 6) is 1.42. The Hall–Kier alpha value is -3.34. The van der Waals surface area contributed by atoms with E-state index in [0.29, 0.717) is 29.0 Å². The third kappa shape index (κ3) is 5.72. The van der Waals surface area contributed by atoms with Crippen LogP contribution in [0.5, 0.6) is 11.5 Å². The predicted octanol–water partition coefficient (Wildman–Crippen LogP) is 8.61. The number of anilines is 2. The third-order valence-corrected chi connectivity index (χ3v) is 7.59. The van der Waals surface area contributed by atoms with Crippen molar-refractivity contribution in [3.05, 3.63) is 117 Å². The van der Waals surface area contributed by atoms with Gasteiger partial charge in [-0.15, -0.1) is 0 Å². The molecule has 1 fully saturated rings. The molecule has 4 aromatic rings. The molecule has 4 nitrogen and oxygen atoms in total. The summed E-state index contributed by atoms with van der Waals surface area (Å²) < 4.78 is 12.3. The first-order valence-corrected chi connectivity index (χ1v) is 13.7. The molecule has 1 aliphatic heterocycles. The van der Waals surface area contributed by atoms with Crippen LogP contribution in [-0.4, -0.2) is 19.7 Å². The molecule has 196 valence electrons. The monoisotopic (exact) mass is 546 g/mol. The summed E-state index contributed by atoms with van der Waals surface area (Å²) in [6.45, 7) is 8.97. The Bertz CT molecular complexity index is 1340. The maximum absolute atomic E-state index is 6.19. The Morgan fingerprint density at radius 3 is 1.84 bits per heavy atom. The fourth-order valence-electron chi connectivity index (χ4n) is 4.86. The second-order valence-corrected chi connectivity index (χ2v) is 10.4. The molecule has 1 aliphatic rings. The van der Waals surface area contributed by atoms with Crippen molar-refractivity contribution in [2.24, 2.45) is 0 Å².